The molecule has 2 aromatic heterocycles. The van der Waals surface area contributed by atoms with Crippen LogP contribution in [0.2, 0.25) is 0 Å². The van der Waals surface area contributed by atoms with E-state index >= 15 is 0 Å². The molecule has 1 atom stereocenters. The summed E-state index contributed by atoms with van der Waals surface area (Å²) in [6.07, 6.45) is 0. The van der Waals surface area contributed by atoms with E-state index in [0.717, 1.165) is 16.1 Å². The van der Waals surface area contributed by atoms with Gasteiger partial charge in [-0.15, -0.1) is 11.3 Å². The molecule has 3 rings (SSSR count). The molecule has 0 radical (unpaired) electrons. The first-order chi connectivity index (χ1) is 13.3. The summed E-state index contributed by atoms with van der Waals surface area (Å²) < 4.78 is 11.9. The van der Waals surface area contributed by atoms with E-state index in [1.165, 1.54) is 11.3 Å². The van der Waals surface area contributed by atoms with Gasteiger partial charge in [0.1, 0.15) is 23.7 Å². The predicted molar refractivity (Wildman–Crippen MR) is 109 cm³/mol. The summed E-state index contributed by atoms with van der Waals surface area (Å²) in [5.41, 5.74) is 9.98. The fraction of sp³-hybridized carbons (Fsp3) is 0.400. The van der Waals surface area contributed by atoms with E-state index in [1.807, 2.05) is 32.0 Å². The first-order valence-corrected chi connectivity index (χ1v) is 9.84. The van der Waals surface area contributed by atoms with Crippen LogP contribution in [0.4, 0.5) is 0 Å². The zero-order valence-corrected chi connectivity index (χ0v) is 17.3. The van der Waals surface area contributed by atoms with Gasteiger partial charge in [-0.3, -0.25) is 4.79 Å². The van der Waals surface area contributed by atoms with Crippen LogP contribution < -0.4 is 10.5 Å². The fourth-order valence-corrected chi connectivity index (χ4v) is 4.12. The van der Waals surface area contributed by atoms with E-state index in [-0.39, 0.29) is 12.5 Å². The first kappa shape index (κ1) is 20.3. The average Bonchev–Trinajstić information content (AvgIpc) is 3.19. The number of hydrogen-bond donors (Lipinski definition) is 2. The van der Waals surface area contributed by atoms with Crippen LogP contribution in [-0.4, -0.2) is 48.1 Å². The topological polar surface area (TPSA) is 102 Å². The number of rotatable bonds is 8. The van der Waals surface area contributed by atoms with Crippen LogP contribution >= 0.6 is 11.3 Å². The normalized spacial score (nSPS) is 12.6. The average molecular weight is 404 g/mol. The smallest absolute Gasteiger partial charge is 0.252 e. The molecule has 0 aliphatic heterocycles. The highest BCUT2D eigenvalue weighted by Gasteiger charge is 2.27. The van der Waals surface area contributed by atoms with Crippen LogP contribution in [0.3, 0.4) is 0 Å². The lowest BCUT2D eigenvalue weighted by Crippen LogP contribution is -2.24. The van der Waals surface area contributed by atoms with Crippen LogP contribution in [-0.2, 0) is 6.61 Å². The summed E-state index contributed by atoms with van der Waals surface area (Å²) in [4.78, 5) is 19.4. The van der Waals surface area contributed by atoms with E-state index in [0.29, 0.717) is 41.2 Å². The lowest BCUT2D eigenvalue weighted by atomic mass is 9.92. The number of carbonyl (C=O) groups is 1. The van der Waals surface area contributed by atoms with Gasteiger partial charge in [0.2, 0.25) is 0 Å². The van der Waals surface area contributed by atoms with Gasteiger partial charge in [-0.25, -0.2) is 4.98 Å². The van der Waals surface area contributed by atoms with Crippen LogP contribution in [0.1, 0.15) is 38.2 Å². The minimum Gasteiger partial charge on any atom is -0.488 e. The number of aliphatic hydroxyl groups excluding tert-OH is 1. The third kappa shape index (κ3) is 3.89. The number of primary amides is 1. The molecule has 3 aromatic rings. The number of nitrogens with zero attached hydrogens (tertiary/aromatic N) is 2. The molecule has 7 nitrogen and oxygen atoms in total. The number of ether oxygens (including phenoxy) is 1. The van der Waals surface area contributed by atoms with Crippen LogP contribution in [0.15, 0.2) is 22.1 Å². The van der Waals surface area contributed by atoms with Crippen molar-refractivity contribution >= 4 is 28.2 Å². The molecule has 0 aliphatic carbocycles. The second-order valence-electron chi connectivity index (χ2n) is 7.04. The molecule has 1 amide bonds. The van der Waals surface area contributed by atoms with Crippen molar-refractivity contribution in [2.75, 3.05) is 27.2 Å². The standard InChI is InChI=1S/C20H25N3O4S/c1-11-16(28-10-22-11)9-26-14-5-6-15-19(17(20(21)25)12(2)27-15)18(14)13(8-24)7-23(3)4/h5-6,10,13,24H,7-9H2,1-4H3,(H2,21,25). The highest BCUT2D eigenvalue weighted by atomic mass is 32.1. The SMILES string of the molecule is Cc1ncsc1COc1ccc2oc(C)c(C(N)=O)c2c1C(CO)CN(C)C. The van der Waals surface area contributed by atoms with Gasteiger partial charge in [0.05, 0.1) is 28.3 Å². The third-order valence-electron chi connectivity index (χ3n) is 4.70. The monoisotopic (exact) mass is 403 g/mol. The number of fused-ring (bicyclic) bond motifs is 1. The number of amides is 1. The van der Waals surface area contributed by atoms with Gasteiger partial charge in [-0.05, 0) is 40.1 Å². The summed E-state index contributed by atoms with van der Waals surface area (Å²) >= 11 is 1.53. The number of thiazole rings is 1. The minimum atomic E-state index is -0.561. The molecular formula is C20H25N3O4S. The summed E-state index contributed by atoms with van der Waals surface area (Å²) in [6, 6.07) is 3.59. The Kier molecular flexibility index (Phi) is 6.02. The van der Waals surface area contributed by atoms with Crippen LogP contribution in [0.25, 0.3) is 11.0 Å². The van der Waals surface area contributed by atoms with Gasteiger partial charge in [-0.2, -0.15) is 0 Å². The second kappa shape index (κ2) is 8.30. The van der Waals surface area contributed by atoms with Gasteiger partial charge in [0, 0.05) is 23.4 Å². The Morgan fingerprint density at radius 2 is 2.14 bits per heavy atom. The van der Waals surface area contributed by atoms with Gasteiger partial charge in [-0.1, -0.05) is 0 Å². The maximum atomic E-state index is 12.1. The second-order valence-corrected chi connectivity index (χ2v) is 7.98. The molecule has 150 valence electrons. The van der Waals surface area contributed by atoms with Crippen LogP contribution in [0, 0.1) is 13.8 Å². The summed E-state index contributed by atoms with van der Waals surface area (Å²) in [5, 5.41) is 10.7. The molecule has 1 aromatic carbocycles. The molecule has 0 saturated heterocycles. The number of hydrogen-bond acceptors (Lipinski definition) is 7. The summed E-state index contributed by atoms with van der Waals surface area (Å²) in [7, 11) is 3.86. The van der Waals surface area contributed by atoms with Crippen molar-refractivity contribution in [2.45, 2.75) is 26.4 Å². The molecule has 3 N–H and O–H groups in total. The number of aryl methyl sites for hydroxylation is 2. The predicted octanol–water partition coefficient (Wildman–Crippen LogP) is 2.82. The molecule has 0 spiro atoms. The lowest BCUT2D eigenvalue weighted by molar-refractivity contribution is 0.1000. The number of benzene rings is 1. The third-order valence-corrected chi connectivity index (χ3v) is 5.61. The molecule has 0 fully saturated rings. The van der Waals surface area contributed by atoms with Crippen molar-refractivity contribution in [1.82, 2.24) is 9.88 Å². The molecule has 0 saturated carbocycles. The number of carbonyl (C=O) groups excluding carboxylic acids is 1. The zero-order chi connectivity index (χ0) is 20.4. The van der Waals surface area contributed by atoms with Crippen molar-refractivity contribution < 1.29 is 19.1 Å². The fourth-order valence-electron chi connectivity index (χ4n) is 3.43. The van der Waals surface area contributed by atoms with Crippen LogP contribution in [0.5, 0.6) is 5.75 Å². The van der Waals surface area contributed by atoms with Gasteiger partial charge in [0.25, 0.3) is 5.91 Å². The van der Waals surface area contributed by atoms with Gasteiger partial charge >= 0.3 is 0 Å². The number of aromatic nitrogens is 1. The van der Waals surface area contributed by atoms with Gasteiger partial charge < -0.3 is 24.9 Å². The Morgan fingerprint density at radius 3 is 2.71 bits per heavy atom. The largest absolute Gasteiger partial charge is 0.488 e. The maximum absolute atomic E-state index is 12.1. The number of aliphatic hydroxyl groups is 1. The maximum Gasteiger partial charge on any atom is 0.252 e. The Morgan fingerprint density at radius 1 is 1.39 bits per heavy atom. The van der Waals surface area contributed by atoms with E-state index in [4.69, 9.17) is 14.9 Å². The summed E-state index contributed by atoms with van der Waals surface area (Å²) in [6.45, 7) is 4.49. The van der Waals surface area contributed by atoms with E-state index in [9.17, 15) is 9.90 Å². The highest BCUT2D eigenvalue weighted by molar-refractivity contribution is 7.09. The number of nitrogens with two attached hydrogens (primary N) is 1. The molecule has 28 heavy (non-hydrogen) atoms. The molecule has 0 aliphatic rings. The van der Waals surface area contributed by atoms with Crippen molar-refractivity contribution in [3.8, 4) is 5.75 Å². The molecular weight excluding hydrogens is 378 g/mol. The molecule has 8 heteroatoms. The van der Waals surface area contributed by atoms with E-state index in [1.54, 1.807) is 18.5 Å². The zero-order valence-electron chi connectivity index (χ0n) is 16.5. The Labute approximate surface area is 167 Å². The Bertz CT molecular complexity index is 993. The van der Waals surface area contributed by atoms with Crippen molar-refractivity contribution in [1.29, 1.82) is 0 Å². The van der Waals surface area contributed by atoms with E-state index < -0.39 is 5.91 Å². The van der Waals surface area contributed by atoms with E-state index in [2.05, 4.69) is 4.98 Å². The lowest BCUT2D eigenvalue weighted by Gasteiger charge is -2.23. The van der Waals surface area contributed by atoms with Gasteiger partial charge in [0.15, 0.2) is 0 Å². The number of likely N-dealkylation sites (N-methyl/N-ethyl adjacent to an activating group) is 1. The Hall–Kier alpha value is -2.42. The Balaban J connectivity index is 2.16. The minimum absolute atomic E-state index is 0.102. The first-order valence-electron chi connectivity index (χ1n) is 8.96. The van der Waals surface area contributed by atoms with Crippen molar-refractivity contribution in [3.63, 3.8) is 0 Å². The molecule has 2 heterocycles. The highest BCUT2D eigenvalue weighted by Crippen LogP contribution is 2.39. The van der Waals surface area contributed by atoms with Crippen molar-refractivity contribution in [2.24, 2.45) is 5.73 Å². The quantitative estimate of drug-likeness (QED) is 0.600. The number of furan rings is 1. The molecule has 1 unspecified atom stereocenters. The van der Waals surface area contributed by atoms with Crippen molar-refractivity contribution in [3.05, 3.63) is 45.1 Å². The summed E-state index contributed by atoms with van der Waals surface area (Å²) in [5.74, 6) is 0.228. The molecule has 0 bridgehead atoms.